The highest BCUT2D eigenvalue weighted by atomic mass is 15.2. The van der Waals surface area contributed by atoms with Gasteiger partial charge in [-0.2, -0.15) is 0 Å². The van der Waals surface area contributed by atoms with E-state index in [-0.39, 0.29) is 0 Å². The fourth-order valence-corrected chi connectivity index (χ4v) is 2.71. The monoisotopic (exact) mass is 268 g/mol. The van der Waals surface area contributed by atoms with E-state index in [1.165, 1.54) is 32.5 Å². The first-order valence-corrected chi connectivity index (χ1v) is 7.82. The van der Waals surface area contributed by atoms with Gasteiger partial charge in [-0.25, -0.2) is 0 Å². The molecule has 0 radical (unpaired) electrons. The van der Waals surface area contributed by atoms with Crippen LogP contribution in [0.4, 0.5) is 0 Å². The predicted octanol–water partition coefficient (Wildman–Crippen LogP) is 1.93. The Bertz CT molecular complexity index is 263. The minimum atomic E-state index is 0.757. The highest BCUT2D eigenvalue weighted by Crippen LogP contribution is 2.16. The number of rotatable bonds is 6. The van der Waals surface area contributed by atoms with Crippen molar-refractivity contribution >= 4 is 5.96 Å². The molecule has 2 N–H and O–H groups in total. The Morgan fingerprint density at radius 1 is 1.37 bits per heavy atom. The molecule has 0 amide bonds. The largest absolute Gasteiger partial charge is 0.356 e. The Labute approximate surface area is 119 Å². The first-order valence-electron chi connectivity index (χ1n) is 7.82. The summed E-state index contributed by atoms with van der Waals surface area (Å²) in [6, 6.07) is 0. The van der Waals surface area contributed by atoms with Crippen LogP contribution in [0.2, 0.25) is 0 Å². The molecule has 0 aromatic heterocycles. The van der Waals surface area contributed by atoms with Gasteiger partial charge in [0.25, 0.3) is 0 Å². The summed E-state index contributed by atoms with van der Waals surface area (Å²) >= 11 is 0. The smallest absolute Gasteiger partial charge is 0.190 e. The molecule has 1 rings (SSSR count). The van der Waals surface area contributed by atoms with Crippen LogP contribution in [0, 0.1) is 11.8 Å². The normalized spacial score (nSPS) is 21.7. The van der Waals surface area contributed by atoms with E-state index in [4.69, 9.17) is 0 Å². The van der Waals surface area contributed by atoms with Crippen LogP contribution in [0.1, 0.15) is 40.0 Å². The molecule has 0 aromatic rings. The van der Waals surface area contributed by atoms with E-state index in [0.29, 0.717) is 0 Å². The molecule has 112 valence electrons. The molecule has 1 unspecified atom stereocenters. The summed E-state index contributed by atoms with van der Waals surface area (Å²) in [5, 5.41) is 6.79. The number of nitrogens with one attached hydrogen (secondary N) is 2. The third-order valence-corrected chi connectivity index (χ3v) is 3.55. The summed E-state index contributed by atoms with van der Waals surface area (Å²) in [7, 11) is 1.84. The summed E-state index contributed by atoms with van der Waals surface area (Å²) in [5.74, 6) is 2.47. The lowest BCUT2D eigenvalue weighted by Gasteiger charge is -2.34. The van der Waals surface area contributed by atoms with Crippen molar-refractivity contribution in [3.05, 3.63) is 0 Å². The van der Waals surface area contributed by atoms with Crippen LogP contribution < -0.4 is 10.6 Å². The van der Waals surface area contributed by atoms with E-state index < -0.39 is 0 Å². The van der Waals surface area contributed by atoms with Gasteiger partial charge in [0.15, 0.2) is 5.96 Å². The number of hydrogen-bond donors (Lipinski definition) is 2. The average molecular weight is 268 g/mol. The van der Waals surface area contributed by atoms with Crippen molar-refractivity contribution in [3.8, 4) is 0 Å². The Hall–Kier alpha value is -0.770. The van der Waals surface area contributed by atoms with Crippen LogP contribution in [0.5, 0.6) is 0 Å². The molecule has 4 heteroatoms. The Morgan fingerprint density at radius 2 is 2.16 bits per heavy atom. The van der Waals surface area contributed by atoms with Gasteiger partial charge in [0.1, 0.15) is 0 Å². The quantitative estimate of drug-likeness (QED) is 0.571. The molecule has 1 aliphatic rings. The first-order chi connectivity index (χ1) is 9.15. The van der Waals surface area contributed by atoms with Crippen LogP contribution in [-0.4, -0.2) is 50.6 Å². The van der Waals surface area contributed by atoms with Crippen molar-refractivity contribution < 1.29 is 0 Å². The van der Waals surface area contributed by atoms with Crippen LogP contribution in [-0.2, 0) is 0 Å². The summed E-state index contributed by atoms with van der Waals surface area (Å²) < 4.78 is 0. The molecule has 0 aromatic carbocycles. The molecular weight excluding hydrogens is 236 g/mol. The van der Waals surface area contributed by atoms with Gasteiger partial charge in [-0.15, -0.1) is 0 Å². The lowest BCUT2D eigenvalue weighted by molar-refractivity contribution is 0.159. The highest BCUT2D eigenvalue weighted by molar-refractivity contribution is 5.79. The average Bonchev–Trinajstić information content (AvgIpc) is 2.38. The van der Waals surface area contributed by atoms with Gasteiger partial charge in [0.05, 0.1) is 0 Å². The van der Waals surface area contributed by atoms with Crippen molar-refractivity contribution in [2.24, 2.45) is 16.8 Å². The Balaban J connectivity index is 2.28. The van der Waals surface area contributed by atoms with Crippen LogP contribution in [0.3, 0.4) is 0 Å². The van der Waals surface area contributed by atoms with Gasteiger partial charge >= 0.3 is 0 Å². The summed E-state index contributed by atoms with van der Waals surface area (Å²) in [5.41, 5.74) is 0. The van der Waals surface area contributed by atoms with E-state index >= 15 is 0 Å². The van der Waals surface area contributed by atoms with Gasteiger partial charge in [-0.1, -0.05) is 20.8 Å². The fourth-order valence-electron chi connectivity index (χ4n) is 2.71. The molecular formula is C15H32N4. The zero-order valence-electron chi connectivity index (χ0n) is 13.2. The SMILES string of the molecule is CCCNC(=NC)NCC1CCCN(CC(C)C)C1. The van der Waals surface area contributed by atoms with Crippen LogP contribution in [0.15, 0.2) is 4.99 Å². The minimum Gasteiger partial charge on any atom is -0.356 e. The molecule has 1 heterocycles. The molecule has 0 aliphatic carbocycles. The second kappa shape index (κ2) is 9.18. The highest BCUT2D eigenvalue weighted by Gasteiger charge is 2.20. The third kappa shape index (κ3) is 6.81. The molecule has 1 atom stereocenters. The maximum Gasteiger partial charge on any atom is 0.190 e. The lowest BCUT2D eigenvalue weighted by atomic mass is 9.97. The predicted molar refractivity (Wildman–Crippen MR) is 83.7 cm³/mol. The van der Waals surface area contributed by atoms with Crippen molar-refractivity contribution in [1.29, 1.82) is 0 Å². The minimum absolute atomic E-state index is 0.757. The molecule has 1 fully saturated rings. The van der Waals surface area contributed by atoms with Crippen LogP contribution >= 0.6 is 0 Å². The van der Waals surface area contributed by atoms with Gasteiger partial charge in [-0.3, -0.25) is 4.99 Å². The molecule has 1 aliphatic heterocycles. The molecule has 19 heavy (non-hydrogen) atoms. The third-order valence-electron chi connectivity index (χ3n) is 3.55. The van der Waals surface area contributed by atoms with Gasteiger partial charge in [0, 0.05) is 33.2 Å². The number of hydrogen-bond acceptors (Lipinski definition) is 2. The number of guanidine groups is 1. The van der Waals surface area contributed by atoms with Crippen molar-refractivity contribution in [3.63, 3.8) is 0 Å². The zero-order valence-corrected chi connectivity index (χ0v) is 13.2. The topological polar surface area (TPSA) is 39.7 Å². The molecule has 0 saturated carbocycles. The van der Waals surface area contributed by atoms with Crippen molar-refractivity contribution in [1.82, 2.24) is 15.5 Å². The van der Waals surface area contributed by atoms with E-state index in [1.54, 1.807) is 0 Å². The summed E-state index contributed by atoms with van der Waals surface area (Å²) in [4.78, 5) is 6.87. The molecule has 1 saturated heterocycles. The van der Waals surface area contributed by atoms with Crippen LogP contribution in [0.25, 0.3) is 0 Å². The van der Waals surface area contributed by atoms with E-state index in [9.17, 15) is 0 Å². The maximum atomic E-state index is 4.26. The number of piperidine rings is 1. The molecule has 0 bridgehead atoms. The standard InChI is InChI=1S/C15H32N4/c1-5-8-17-15(16-4)18-10-14-7-6-9-19(12-14)11-13(2)3/h13-14H,5-12H2,1-4H3,(H2,16,17,18). The van der Waals surface area contributed by atoms with E-state index in [2.05, 4.69) is 41.3 Å². The number of aliphatic imine (C=N–C) groups is 1. The summed E-state index contributed by atoms with van der Waals surface area (Å²) in [6.07, 6.45) is 3.80. The van der Waals surface area contributed by atoms with Crippen molar-refractivity contribution in [2.75, 3.05) is 39.8 Å². The van der Waals surface area contributed by atoms with Gasteiger partial charge in [-0.05, 0) is 37.6 Å². The Kier molecular flexibility index (Phi) is 7.87. The molecule has 4 nitrogen and oxygen atoms in total. The first kappa shape index (κ1) is 16.3. The van der Waals surface area contributed by atoms with Gasteiger partial charge < -0.3 is 15.5 Å². The number of nitrogens with zero attached hydrogens (tertiary/aromatic N) is 2. The second-order valence-corrected chi connectivity index (χ2v) is 6.04. The van der Waals surface area contributed by atoms with Gasteiger partial charge in [0.2, 0.25) is 0 Å². The molecule has 0 spiro atoms. The fraction of sp³-hybridized carbons (Fsp3) is 0.933. The summed E-state index contributed by atoms with van der Waals surface area (Å²) in [6.45, 7) is 12.6. The van der Waals surface area contributed by atoms with E-state index in [0.717, 1.165) is 37.3 Å². The zero-order chi connectivity index (χ0) is 14.1. The van der Waals surface area contributed by atoms with Crippen molar-refractivity contribution in [2.45, 2.75) is 40.0 Å². The number of likely N-dealkylation sites (tertiary alicyclic amines) is 1. The lowest BCUT2D eigenvalue weighted by Crippen LogP contribution is -2.45. The maximum absolute atomic E-state index is 4.26. The van der Waals surface area contributed by atoms with E-state index in [1.807, 2.05) is 7.05 Å². The Morgan fingerprint density at radius 3 is 2.79 bits per heavy atom. The second-order valence-electron chi connectivity index (χ2n) is 6.04.